The summed E-state index contributed by atoms with van der Waals surface area (Å²) >= 11 is 0.436. The topological polar surface area (TPSA) is 106 Å². The fourth-order valence-corrected chi connectivity index (χ4v) is 4.62. The number of aromatic carboxylic acids is 2. The number of carboxylic acid groups (broad SMARTS) is 2. The molecule has 0 heterocycles. The monoisotopic (exact) mass is 654 g/mol. The Morgan fingerprint density at radius 2 is 0.935 bits per heavy atom. The molecule has 9 heteroatoms. The van der Waals surface area contributed by atoms with Crippen molar-refractivity contribution in [2.45, 2.75) is 45.4 Å². The molecule has 0 saturated heterocycles. The number of carbonyl (C=O) groups is 2. The van der Waals surface area contributed by atoms with E-state index in [4.69, 9.17) is 10.2 Å². The predicted octanol–water partition coefficient (Wildman–Crippen LogP) is 5.36. The minimum Gasteiger partial charge on any atom is -0.478 e. The first kappa shape index (κ1) is 34.4. The SMILES string of the molecule is C[CH2][Sn][CH2]C.C[CH2][Sn][CH2]C.O.O=C(O)c1ccccc1F.O=C(O)c1ccccc1F. The number of hydrogen-bond donors (Lipinski definition) is 2. The fraction of sp³-hybridized carbons (Fsp3) is 0.364. The van der Waals surface area contributed by atoms with Crippen molar-refractivity contribution in [3.63, 3.8) is 0 Å². The van der Waals surface area contributed by atoms with E-state index >= 15 is 0 Å². The number of carboxylic acids is 2. The second kappa shape index (κ2) is 23.5. The maximum Gasteiger partial charge on any atom is 0.338 e. The van der Waals surface area contributed by atoms with Crippen LogP contribution in [0.2, 0.25) is 17.7 Å². The van der Waals surface area contributed by atoms with Gasteiger partial charge in [-0.15, -0.1) is 0 Å². The van der Waals surface area contributed by atoms with E-state index in [9.17, 15) is 18.4 Å². The van der Waals surface area contributed by atoms with Gasteiger partial charge >= 0.3 is 99.7 Å². The smallest absolute Gasteiger partial charge is 0.338 e. The third kappa shape index (κ3) is 19.2. The van der Waals surface area contributed by atoms with Crippen LogP contribution in [0.5, 0.6) is 0 Å². The summed E-state index contributed by atoms with van der Waals surface area (Å²) in [6.45, 7) is 9.15. The van der Waals surface area contributed by atoms with Crippen molar-refractivity contribution in [2.24, 2.45) is 0 Å². The summed E-state index contributed by atoms with van der Waals surface area (Å²) in [4.78, 5) is 20.4. The van der Waals surface area contributed by atoms with Gasteiger partial charge < -0.3 is 15.7 Å². The Morgan fingerprint density at radius 1 is 0.677 bits per heavy atom. The Labute approximate surface area is 204 Å². The van der Waals surface area contributed by atoms with Crippen LogP contribution in [-0.4, -0.2) is 69.9 Å². The summed E-state index contributed by atoms with van der Waals surface area (Å²) in [5.74, 6) is -3.87. The molecule has 0 aliphatic heterocycles. The molecular weight excluding hydrogens is 620 g/mol. The standard InChI is InChI=1S/2C7H5FO2.4C2H5.H2O.2Sn/c2*8-6-4-2-1-3-5(6)7(9)10;4*1-2;;;/h2*1-4H,(H,9,10);4*1H2,2H3;1H2;;. The maximum atomic E-state index is 12.5. The molecule has 4 radical (unpaired) electrons. The molecule has 0 unspecified atom stereocenters. The molecule has 31 heavy (non-hydrogen) atoms. The molecule has 172 valence electrons. The zero-order chi connectivity index (χ0) is 23.4. The minimum absolute atomic E-state index is 0. The van der Waals surface area contributed by atoms with Gasteiger partial charge in [0.2, 0.25) is 0 Å². The van der Waals surface area contributed by atoms with Gasteiger partial charge in [0.1, 0.15) is 11.6 Å². The van der Waals surface area contributed by atoms with E-state index < -0.39 is 23.6 Å². The van der Waals surface area contributed by atoms with Crippen molar-refractivity contribution in [1.82, 2.24) is 0 Å². The molecule has 5 nitrogen and oxygen atoms in total. The van der Waals surface area contributed by atoms with Gasteiger partial charge in [-0.05, 0) is 24.3 Å². The Bertz CT molecular complexity index is 665. The zero-order valence-corrected chi connectivity index (χ0v) is 24.1. The third-order valence-corrected chi connectivity index (χ3v) is 8.92. The minimum atomic E-state index is -1.24. The number of benzene rings is 2. The molecule has 0 saturated carbocycles. The molecule has 0 spiro atoms. The Kier molecular flexibility index (Phi) is 26.0. The largest absolute Gasteiger partial charge is 0.478 e. The van der Waals surface area contributed by atoms with Crippen LogP contribution < -0.4 is 0 Å². The fourth-order valence-electron chi connectivity index (χ4n) is 1.77. The van der Waals surface area contributed by atoms with E-state index in [2.05, 4.69) is 27.7 Å². The summed E-state index contributed by atoms with van der Waals surface area (Å²) < 4.78 is 31.0. The van der Waals surface area contributed by atoms with Crippen LogP contribution >= 0.6 is 0 Å². The van der Waals surface area contributed by atoms with Crippen molar-refractivity contribution in [1.29, 1.82) is 0 Å². The molecule has 4 N–H and O–H groups in total. The van der Waals surface area contributed by atoms with Gasteiger partial charge in [-0.2, -0.15) is 0 Å². The Balaban J connectivity index is -0.000000353. The molecule has 0 aliphatic rings. The Hall–Kier alpha value is -1.20. The second-order valence-electron chi connectivity index (χ2n) is 5.48. The molecule has 2 aromatic carbocycles. The number of rotatable bonds is 6. The summed E-state index contributed by atoms with van der Waals surface area (Å²) in [5, 5.41) is 16.7. The second-order valence-corrected chi connectivity index (χ2v) is 16.4. The van der Waals surface area contributed by atoms with Crippen LogP contribution in [0.4, 0.5) is 8.78 Å². The first-order valence-electron chi connectivity index (χ1n) is 9.63. The van der Waals surface area contributed by atoms with Crippen molar-refractivity contribution in [3.8, 4) is 0 Å². The van der Waals surface area contributed by atoms with Gasteiger partial charge in [-0.25, -0.2) is 18.4 Å². The van der Waals surface area contributed by atoms with Crippen molar-refractivity contribution < 1.29 is 34.1 Å². The summed E-state index contributed by atoms with van der Waals surface area (Å²) in [7, 11) is 0. The van der Waals surface area contributed by atoms with Gasteiger partial charge in [0.15, 0.2) is 0 Å². The zero-order valence-electron chi connectivity index (χ0n) is 18.4. The van der Waals surface area contributed by atoms with Crippen LogP contribution in [0.1, 0.15) is 48.4 Å². The first-order chi connectivity index (χ1) is 14.3. The average Bonchev–Trinajstić information content (AvgIpc) is 2.71. The molecule has 0 aromatic heterocycles. The van der Waals surface area contributed by atoms with Gasteiger partial charge in [-0.1, -0.05) is 24.3 Å². The van der Waals surface area contributed by atoms with Gasteiger partial charge in [0.05, 0.1) is 11.1 Å². The van der Waals surface area contributed by atoms with Crippen molar-refractivity contribution in [3.05, 3.63) is 71.3 Å². The van der Waals surface area contributed by atoms with Crippen LogP contribution in [0.3, 0.4) is 0 Å². The van der Waals surface area contributed by atoms with Gasteiger partial charge in [-0.3, -0.25) is 0 Å². The molecule has 0 bridgehead atoms. The van der Waals surface area contributed by atoms with E-state index in [-0.39, 0.29) is 58.9 Å². The summed E-state index contributed by atoms with van der Waals surface area (Å²) in [6.07, 6.45) is 0. The van der Waals surface area contributed by atoms with E-state index in [1.807, 2.05) is 0 Å². The summed E-state index contributed by atoms with van der Waals surface area (Å²) in [6, 6.07) is 10.5. The van der Waals surface area contributed by atoms with E-state index in [0.29, 0.717) is 0 Å². The molecule has 0 fully saturated rings. The molecule has 2 rings (SSSR count). The molecule has 2 aromatic rings. The van der Waals surface area contributed by atoms with Crippen LogP contribution in [0.25, 0.3) is 0 Å². The molecule has 0 amide bonds. The molecular formula is C22H32F2O5Sn2. The van der Waals surface area contributed by atoms with Gasteiger partial charge in [0, 0.05) is 0 Å². The van der Waals surface area contributed by atoms with Crippen LogP contribution in [-0.2, 0) is 0 Å². The average molecular weight is 652 g/mol. The van der Waals surface area contributed by atoms with Crippen molar-refractivity contribution in [2.75, 3.05) is 0 Å². The Morgan fingerprint density at radius 3 is 1.06 bits per heavy atom. The number of hydrogen-bond acceptors (Lipinski definition) is 2. The van der Waals surface area contributed by atoms with E-state index in [0.717, 1.165) is 12.1 Å². The van der Waals surface area contributed by atoms with E-state index in [1.165, 1.54) is 54.1 Å². The normalized spacial score (nSPS) is 8.71. The van der Waals surface area contributed by atoms with Crippen LogP contribution in [0.15, 0.2) is 48.5 Å². The van der Waals surface area contributed by atoms with Crippen LogP contribution in [0, 0.1) is 11.6 Å². The maximum absolute atomic E-state index is 12.5. The molecule has 0 atom stereocenters. The number of halogens is 2. The van der Waals surface area contributed by atoms with E-state index in [1.54, 1.807) is 0 Å². The van der Waals surface area contributed by atoms with Crippen molar-refractivity contribution >= 4 is 54.2 Å². The quantitative estimate of drug-likeness (QED) is 0.411. The van der Waals surface area contributed by atoms with Gasteiger partial charge in [0.25, 0.3) is 0 Å². The first-order valence-corrected chi connectivity index (χ1v) is 17.7. The molecule has 0 aliphatic carbocycles. The summed E-state index contributed by atoms with van der Waals surface area (Å²) in [5.41, 5.74) is -0.579. The predicted molar refractivity (Wildman–Crippen MR) is 124 cm³/mol. The third-order valence-electron chi connectivity index (χ3n) is 3.21.